The summed E-state index contributed by atoms with van der Waals surface area (Å²) in [7, 11) is 0. The molecule has 0 aliphatic carbocycles. The predicted molar refractivity (Wildman–Crippen MR) is 66.7 cm³/mol. The van der Waals surface area contributed by atoms with Crippen LogP contribution in [0, 0.1) is 5.92 Å². The molecule has 4 nitrogen and oxygen atoms in total. The van der Waals surface area contributed by atoms with Crippen molar-refractivity contribution in [2.45, 2.75) is 26.7 Å². The van der Waals surface area contributed by atoms with E-state index in [1.165, 1.54) is 0 Å². The smallest absolute Gasteiger partial charge is 0.306 e. The standard InChI is InChI=1S/C14H18O4/c1-3-16-14(15)7-10(2)6-11-4-5-12-13(8-11)18-9-17-12/h4-5,8,10H,3,6-7,9H2,1-2H3/t10-/m0/s1. The van der Waals surface area contributed by atoms with Crippen LogP contribution in [-0.4, -0.2) is 19.4 Å². The Labute approximate surface area is 107 Å². The van der Waals surface area contributed by atoms with Crippen LogP contribution < -0.4 is 9.47 Å². The van der Waals surface area contributed by atoms with Gasteiger partial charge in [-0.1, -0.05) is 13.0 Å². The molecule has 18 heavy (non-hydrogen) atoms. The molecular formula is C14H18O4. The molecule has 0 unspecified atom stereocenters. The third-order valence-corrected chi connectivity index (χ3v) is 2.84. The van der Waals surface area contributed by atoms with Gasteiger partial charge in [-0.25, -0.2) is 0 Å². The van der Waals surface area contributed by atoms with Gasteiger partial charge in [0.25, 0.3) is 0 Å². The number of hydrogen-bond acceptors (Lipinski definition) is 4. The molecule has 0 saturated carbocycles. The minimum Gasteiger partial charge on any atom is -0.466 e. The van der Waals surface area contributed by atoms with E-state index in [2.05, 4.69) is 0 Å². The highest BCUT2D eigenvalue weighted by Crippen LogP contribution is 2.33. The molecule has 0 amide bonds. The molecule has 0 radical (unpaired) electrons. The van der Waals surface area contributed by atoms with E-state index < -0.39 is 0 Å². The van der Waals surface area contributed by atoms with Gasteiger partial charge in [0.15, 0.2) is 11.5 Å². The number of esters is 1. The van der Waals surface area contributed by atoms with Crippen molar-refractivity contribution in [3.05, 3.63) is 23.8 Å². The van der Waals surface area contributed by atoms with Crippen LogP contribution in [-0.2, 0) is 16.0 Å². The molecule has 0 bridgehead atoms. The lowest BCUT2D eigenvalue weighted by atomic mass is 9.98. The summed E-state index contributed by atoms with van der Waals surface area (Å²) < 4.78 is 15.5. The van der Waals surface area contributed by atoms with Crippen molar-refractivity contribution in [2.75, 3.05) is 13.4 Å². The summed E-state index contributed by atoms with van der Waals surface area (Å²) in [6.45, 7) is 4.59. The normalized spacial score (nSPS) is 14.3. The molecule has 2 rings (SSSR count). The number of fused-ring (bicyclic) bond motifs is 1. The largest absolute Gasteiger partial charge is 0.466 e. The Morgan fingerprint density at radius 3 is 2.94 bits per heavy atom. The molecule has 0 saturated heterocycles. The first-order chi connectivity index (χ1) is 8.69. The van der Waals surface area contributed by atoms with Crippen LogP contribution in [0.5, 0.6) is 11.5 Å². The lowest BCUT2D eigenvalue weighted by Crippen LogP contribution is -2.11. The van der Waals surface area contributed by atoms with Crippen LogP contribution in [0.25, 0.3) is 0 Å². The maximum absolute atomic E-state index is 11.4. The fourth-order valence-corrected chi connectivity index (χ4v) is 2.05. The molecule has 0 N–H and O–H groups in total. The molecule has 0 fully saturated rings. The molecule has 1 aliphatic heterocycles. The summed E-state index contributed by atoms with van der Waals surface area (Å²) in [5.41, 5.74) is 1.15. The minimum absolute atomic E-state index is 0.134. The molecule has 1 heterocycles. The van der Waals surface area contributed by atoms with Crippen LogP contribution >= 0.6 is 0 Å². The van der Waals surface area contributed by atoms with Crippen molar-refractivity contribution in [1.29, 1.82) is 0 Å². The monoisotopic (exact) mass is 250 g/mol. The Morgan fingerprint density at radius 1 is 1.39 bits per heavy atom. The van der Waals surface area contributed by atoms with Gasteiger partial charge in [-0.15, -0.1) is 0 Å². The Balaban J connectivity index is 1.91. The lowest BCUT2D eigenvalue weighted by Gasteiger charge is -2.11. The van der Waals surface area contributed by atoms with E-state index >= 15 is 0 Å². The summed E-state index contributed by atoms with van der Waals surface area (Å²) >= 11 is 0. The highest BCUT2D eigenvalue weighted by molar-refractivity contribution is 5.69. The zero-order valence-corrected chi connectivity index (χ0v) is 10.8. The van der Waals surface area contributed by atoms with Gasteiger partial charge in [0.05, 0.1) is 6.61 Å². The van der Waals surface area contributed by atoms with E-state index in [1.54, 1.807) is 0 Å². The van der Waals surface area contributed by atoms with E-state index in [9.17, 15) is 4.79 Å². The molecule has 0 aromatic heterocycles. The Kier molecular flexibility index (Phi) is 4.07. The third kappa shape index (κ3) is 3.15. The summed E-state index contributed by atoms with van der Waals surface area (Å²) in [6, 6.07) is 5.90. The van der Waals surface area contributed by atoms with Gasteiger partial charge in [0.1, 0.15) is 0 Å². The topological polar surface area (TPSA) is 44.8 Å². The van der Waals surface area contributed by atoms with Crippen molar-refractivity contribution < 1.29 is 19.0 Å². The average Bonchev–Trinajstić information content (AvgIpc) is 2.76. The van der Waals surface area contributed by atoms with Crippen LogP contribution in [0.4, 0.5) is 0 Å². The molecule has 98 valence electrons. The second kappa shape index (κ2) is 5.76. The first kappa shape index (κ1) is 12.7. The molecular weight excluding hydrogens is 232 g/mol. The molecule has 1 aliphatic rings. The van der Waals surface area contributed by atoms with Crippen molar-refractivity contribution in [3.8, 4) is 11.5 Å². The van der Waals surface area contributed by atoms with Crippen LogP contribution in [0.2, 0.25) is 0 Å². The maximum atomic E-state index is 11.4. The Bertz CT molecular complexity index is 428. The van der Waals surface area contributed by atoms with Crippen molar-refractivity contribution in [1.82, 2.24) is 0 Å². The van der Waals surface area contributed by atoms with Gasteiger partial charge >= 0.3 is 5.97 Å². The first-order valence-corrected chi connectivity index (χ1v) is 6.23. The second-order valence-electron chi connectivity index (χ2n) is 4.51. The highest BCUT2D eigenvalue weighted by Gasteiger charge is 2.15. The average molecular weight is 250 g/mol. The van der Waals surface area contributed by atoms with Gasteiger partial charge in [0, 0.05) is 6.42 Å². The van der Waals surface area contributed by atoms with Crippen molar-refractivity contribution in [2.24, 2.45) is 5.92 Å². The number of ether oxygens (including phenoxy) is 3. The number of carbonyl (C=O) groups excluding carboxylic acids is 1. The van der Waals surface area contributed by atoms with Gasteiger partial charge in [0.2, 0.25) is 6.79 Å². The fourth-order valence-electron chi connectivity index (χ4n) is 2.05. The van der Waals surface area contributed by atoms with E-state index in [1.807, 2.05) is 32.0 Å². The quantitative estimate of drug-likeness (QED) is 0.753. The highest BCUT2D eigenvalue weighted by atomic mass is 16.7. The van der Waals surface area contributed by atoms with Crippen LogP contribution in [0.3, 0.4) is 0 Å². The van der Waals surface area contributed by atoms with Gasteiger partial charge < -0.3 is 14.2 Å². The van der Waals surface area contributed by atoms with Gasteiger partial charge in [-0.05, 0) is 37.0 Å². The maximum Gasteiger partial charge on any atom is 0.306 e. The lowest BCUT2D eigenvalue weighted by molar-refractivity contribution is -0.144. The molecule has 1 aromatic carbocycles. The zero-order chi connectivity index (χ0) is 13.0. The SMILES string of the molecule is CCOC(=O)C[C@@H](C)Cc1ccc2c(c1)OCO2. The Morgan fingerprint density at radius 2 is 2.17 bits per heavy atom. The number of hydrogen-bond donors (Lipinski definition) is 0. The number of rotatable bonds is 5. The van der Waals surface area contributed by atoms with E-state index in [4.69, 9.17) is 14.2 Å². The van der Waals surface area contributed by atoms with Crippen LogP contribution in [0.1, 0.15) is 25.8 Å². The predicted octanol–water partition coefficient (Wildman–Crippen LogP) is 2.55. The second-order valence-corrected chi connectivity index (χ2v) is 4.51. The molecule has 1 atom stereocenters. The van der Waals surface area contributed by atoms with Crippen molar-refractivity contribution in [3.63, 3.8) is 0 Å². The summed E-state index contributed by atoms with van der Waals surface area (Å²) in [4.78, 5) is 11.4. The summed E-state index contributed by atoms with van der Waals surface area (Å²) in [5.74, 6) is 1.70. The van der Waals surface area contributed by atoms with E-state index in [0.29, 0.717) is 13.0 Å². The Hall–Kier alpha value is -1.71. The van der Waals surface area contributed by atoms with Crippen LogP contribution in [0.15, 0.2) is 18.2 Å². The zero-order valence-electron chi connectivity index (χ0n) is 10.8. The third-order valence-electron chi connectivity index (χ3n) is 2.84. The number of benzene rings is 1. The summed E-state index contributed by atoms with van der Waals surface area (Å²) in [6.07, 6.45) is 1.28. The molecule has 0 spiro atoms. The first-order valence-electron chi connectivity index (χ1n) is 6.23. The molecule has 1 aromatic rings. The number of carbonyl (C=O) groups is 1. The van der Waals surface area contributed by atoms with Crippen molar-refractivity contribution >= 4 is 5.97 Å². The minimum atomic E-state index is -0.134. The summed E-state index contributed by atoms with van der Waals surface area (Å²) in [5, 5.41) is 0. The van der Waals surface area contributed by atoms with Gasteiger partial charge in [-0.2, -0.15) is 0 Å². The van der Waals surface area contributed by atoms with Gasteiger partial charge in [-0.3, -0.25) is 4.79 Å². The van der Waals surface area contributed by atoms with E-state index in [-0.39, 0.29) is 18.7 Å². The molecule has 4 heteroatoms. The van der Waals surface area contributed by atoms with E-state index in [0.717, 1.165) is 23.5 Å². The fraction of sp³-hybridized carbons (Fsp3) is 0.500.